The Labute approximate surface area is 117 Å². The molecule has 0 aliphatic carbocycles. The van der Waals surface area contributed by atoms with E-state index >= 15 is 0 Å². The van der Waals surface area contributed by atoms with Crippen molar-refractivity contribution in [3.63, 3.8) is 0 Å². The summed E-state index contributed by atoms with van der Waals surface area (Å²) in [7, 11) is 1.38. The average Bonchev–Trinajstić information content (AvgIpc) is 2.42. The molecule has 0 bridgehead atoms. The van der Waals surface area contributed by atoms with Gasteiger partial charge in [0.15, 0.2) is 18.1 Å². The normalized spacial score (nSPS) is 10.2. The Morgan fingerprint density at radius 1 is 1.35 bits per heavy atom. The molecule has 0 atom stereocenters. The van der Waals surface area contributed by atoms with Gasteiger partial charge < -0.3 is 19.9 Å². The molecule has 1 rings (SSSR count). The van der Waals surface area contributed by atoms with E-state index in [1.807, 2.05) is 13.8 Å². The van der Waals surface area contributed by atoms with Crippen LogP contribution in [0.5, 0.6) is 11.5 Å². The van der Waals surface area contributed by atoms with Gasteiger partial charge in [-0.3, -0.25) is 4.79 Å². The third kappa shape index (κ3) is 4.46. The zero-order chi connectivity index (χ0) is 15.1. The number of hydrogen-bond acceptors (Lipinski definition) is 5. The second kappa shape index (κ2) is 7.37. The fourth-order valence-electron chi connectivity index (χ4n) is 1.43. The molecular weight excluding hydrogens is 262 g/mol. The number of methoxy groups -OCH3 is 1. The second-order valence-corrected chi connectivity index (χ2v) is 4.63. The van der Waals surface area contributed by atoms with Crippen molar-refractivity contribution >= 4 is 11.9 Å². The van der Waals surface area contributed by atoms with Gasteiger partial charge in [-0.2, -0.15) is 0 Å². The smallest absolute Gasteiger partial charge is 0.342 e. The highest BCUT2D eigenvalue weighted by atomic mass is 16.5. The molecule has 1 aromatic carbocycles. The molecule has 0 aliphatic rings. The number of phenols is 1. The van der Waals surface area contributed by atoms with Gasteiger partial charge in [-0.15, -0.1) is 0 Å². The van der Waals surface area contributed by atoms with Crippen LogP contribution in [-0.4, -0.2) is 37.2 Å². The summed E-state index contributed by atoms with van der Waals surface area (Å²) < 4.78 is 9.73. The standard InChI is InChI=1S/C14H19NO5/c1-9(2)7-15-12(16)8-20-14(18)10-5-4-6-11(19-3)13(10)17/h4-6,9,17H,7-8H2,1-3H3,(H,15,16). The molecular formula is C14H19NO5. The van der Waals surface area contributed by atoms with E-state index in [2.05, 4.69) is 5.32 Å². The number of nitrogens with one attached hydrogen (secondary N) is 1. The predicted molar refractivity (Wildman–Crippen MR) is 72.8 cm³/mol. The van der Waals surface area contributed by atoms with Crippen molar-refractivity contribution in [2.45, 2.75) is 13.8 Å². The van der Waals surface area contributed by atoms with E-state index in [4.69, 9.17) is 9.47 Å². The molecule has 0 spiro atoms. The van der Waals surface area contributed by atoms with Gasteiger partial charge in [0.05, 0.1) is 7.11 Å². The number of aromatic hydroxyl groups is 1. The minimum atomic E-state index is -0.777. The van der Waals surface area contributed by atoms with Crippen molar-refractivity contribution in [2.75, 3.05) is 20.3 Å². The molecule has 0 aliphatic heterocycles. The monoisotopic (exact) mass is 281 g/mol. The lowest BCUT2D eigenvalue weighted by molar-refractivity contribution is -0.124. The quantitative estimate of drug-likeness (QED) is 0.768. The molecule has 0 heterocycles. The fourth-order valence-corrected chi connectivity index (χ4v) is 1.43. The summed E-state index contributed by atoms with van der Waals surface area (Å²) in [5, 5.41) is 12.4. The molecule has 0 radical (unpaired) electrons. The van der Waals surface area contributed by atoms with Gasteiger partial charge in [0.1, 0.15) is 5.56 Å². The van der Waals surface area contributed by atoms with Crippen molar-refractivity contribution < 1.29 is 24.2 Å². The Morgan fingerprint density at radius 2 is 2.05 bits per heavy atom. The van der Waals surface area contributed by atoms with Crippen LogP contribution in [0.1, 0.15) is 24.2 Å². The Bertz CT molecular complexity index is 484. The predicted octanol–water partition coefficient (Wildman–Crippen LogP) is 1.33. The minimum absolute atomic E-state index is 0.0407. The van der Waals surface area contributed by atoms with Crippen LogP contribution in [-0.2, 0) is 9.53 Å². The van der Waals surface area contributed by atoms with Gasteiger partial charge in [0, 0.05) is 6.54 Å². The molecule has 6 nitrogen and oxygen atoms in total. The number of amides is 1. The van der Waals surface area contributed by atoms with Crippen LogP contribution in [0.15, 0.2) is 18.2 Å². The van der Waals surface area contributed by atoms with Crippen LogP contribution in [0, 0.1) is 5.92 Å². The Hall–Kier alpha value is -2.24. The van der Waals surface area contributed by atoms with Crippen LogP contribution in [0.2, 0.25) is 0 Å². The number of rotatable bonds is 6. The number of carbonyl (C=O) groups is 2. The summed E-state index contributed by atoms with van der Waals surface area (Å²) in [6.45, 7) is 4.05. The summed E-state index contributed by atoms with van der Waals surface area (Å²) >= 11 is 0. The van der Waals surface area contributed by atoms with Crippen LogP contribution in [0.3, 0.4) is 0 Å². The van der Waals surface area contributed by atoms with E-state index in [0.717, 1.165) is 0 Å². The highest BCUT2D eigenvalue weighted by molar-refractivity contribution is 5.94. The lowest BCUT2D eigenvalue weighted by Gasteiger charge is -2.10. The first-order valence-corrected chi connectivity index (χ1v) is 6.25. The maximum Gasteiger partial charge on any atom is 0.342 e. The summed E-state index contributed by atoms with van der Waals surface area (Å²) in [4.78, 5) is 23.2. The number of phenolic OH excluding ortho intramolecular Hbond substituents is 1. The van der Waals surface area contributed by atoms with E-state index in [1.54, 1.807) is 6.07 Å². The summed E-state index contributed by atoms with van der Waals surface area (Å²) in [6.07, 6.45) is 0. The van der Waals surface area contributed by atoms with Crippen LogP contribution >= 0.6 is 0 Å². The number of ether oxygens (including phenoxy) is 2. The zero-order valence-electron chi connectivity index (χ0n) is 11.8. The fraction of sp³-hybridized carbons (Fsp3) is 0.429. The molecule has 0 aromatic heterocycles. The van der Waals surface area contributed by atoms with E-state index in [-0.39, 0.29) is 29.6 Å². The number of esters is 1. The summed E-state index contributed by atoms with van der Waals surface area (Å²) in [5.41, 5.74) is -0.0407. The van der Waals surface area contributed by atoms with Crippen LogP contribution in [0.25, 0.3) is 0 Å². The Kier molecular flexibility index (Phi) is 5.83. The van der Waals surface area contributed by atoms with Crippen molar-refractivity contribution in [1.82, 2.24) is 5.32 Å². The largest absolute Gasteiger partial charge is 0.504 e. The van der Waals surface area contributed by atoms with Crippen LogP contribution in [0.4, 0.5) is 0 Å². The van der Waals surface area contributed by atoms with Crippen molar-refractivity contribution in [3.05, 3.63) is 23.8 Å². The van der Waals surface area contributed by atoms with Gasteiger partial charge in [0.2, 0.25) is 0 Å². The number of benzene rings is 1. The van der Waals surface area contributed by atoms with Gasteiger partial charge in [-0.25, -0.2) is 4.79 Å². The number of carbonyl (C=O) groups excluding carboxylic acids is 2. The summed E-state index contributed by atoms with van der Waals surface area (Å²) in [6, 6.07) is 4.46. The van der Waals surface area contributed by atoms with Gasteiger partial charge in [-0.1, -0.05) is 19.9 Å². The molecule has 1 aromatic rings. The molecule has 0 saturated carbocycles. The van der Waals surface area contributed by atoms with E-state index in [0.29, 0.717) is 12.5 Å². The first-order valence-electron chi connectivity index (χ1n) is 6.25. The third-order valence-corrected chi connectivity index (χ3v) is 2.48. The topological polar surface area (TPSA) is 84.9 Å². The lowest BCUT2D eigenvalue weighted by Crippen LogP contribution is -2.31. The highest BCUT2D eigenvalue weighted by Crippen LogP contribution is 2.29. The third-order valence-electron chi connectivity index (χ3n) is 2.48. The van der Waals surface area contributed by atoms with Gasteiger partial charge >= 0.3 is 5.97 Å². The lowest BCUT2D eigenvalue weighted by atomic mass is 10.2. The maximum absolute atomic E-state index is 11.8. The number of hydrogen-bond donors (Lipinski definition) is 2. The molecule has 110 valence electrons. The van der Waals surface area contributed by atoms with Gasteiger partial charge in [0.25, 0.3) is 5.91 Å². The van der Waals surface area contributed by atoms with E-state index in [9.17, 15) is 14.7 Å². The minimum Gasteiger partial charge on any atom is -0.504 e. The SMILES string of the molecule is COc1cccc(C(=O)OCC(=O)NCC(C)C)c1O. The highest BCUT2D eigenvalue weighted by Gasteiger charge is 2.17. The Morgan fingerprint density at radius 3 is 2.65 bits per heavy atom. The average molecular weight is 281 g/mol. The zero-order valence-corrected chi connectivity index (χ0v) is 11.8. The first kappa shape index (κ1) is 15.8. The van der Waals surface area contributed by atoms with E-state index < -0.39 is 5.97 Å². The van der Waals surface area contributed by atoms with Crippen LogP contribution < -0.4 is 10.1 Å². The van der Waals surface area contributed by atoms with Gasteiger partial charge in [-0.05, 0) is 18.1 Å². The molecule has 20 heavy (non-hydrogen) atoms. The van der Waals surface area contributed by atoms with E-state index in [1.165, 1.54) is 19.2 Å². The molecule has 0 saturated heterocycles. The summed E-state index contributed by atoms with van der Waals surface area (Å²) in [5.74, 6) is -0.973. The molecule has 0 unspecified atom stereocenters. The second-order valence-electron chi connectivity index (χ2n) is 4.63. The molecule has 0 fully saturated rings. The Balaban J connectivity index is 2.57. The first-order chi connectivity index (χ1) is 9.45. The molecule has 2 N–H and O–H groups in total. The maximum atomic E-state index is 11.8. The van der Waals surface area contributed by atoms with Crippen molar-refractivity contribution in [1.29, 1.82) is 0 Å². The van der Waals surface area contributed by atoms with Crippen molar-refractivity contribution in [3.8, 4) is 11.5 Å². The molecule has 6 heteroatoms. The van der Waals surface area contributed by atoms with Crippen molar-refractivity contribution in [2.24, 2.45) is 5.92 Å². The molecule has 1 amide bonds. The number of para-hydroxylation sites is 1.